The van der Waals surface area contributed by atoms with Gasteiger partial charge in [0.25, 0.3) is 0 Å². The normalized spacial score (nSPS) is 21.0. The van der Waals surface area contributed by atoms with Gasteiger partial charge in [-0.15, -0.1) is 24.0 Å². The molecule has 0 radical (unpaired) electrons. The lowest BCUT2D eigenvalue weighted by molar-refractivity contribution is 0.443. The van der Waals surface area contributed by atoms with Crippen LogP contribution in [0.4, 0.5) is 10.2 Å². The fraction of sp³-hybridized carbons (Fsp3) is 0.647. The van der Waals surface area contributed by atoms with Gasteiger partial charge in [0.2, 0.25) is 10.0 Å². The molecule has 2 aliphatic rings. The zero-order valence-electron chi connectivity index (χ0n) is 16.4. The van der Waals surface area contributed by atoms with Gasteiger partial charge < -0.3 is 15.5 Å². The number of sulfonamides is 1. The summed E-state index contributed by atoms with van der Waals surface area (Å²) >= 11 is 1.78. The molecule has 12 heteroatoms. The van der Waals surface area contributed by atoms with Gasteiger partial charge in [-0.25, -0.2) is 22.1 Å². The van der Waals surface area contributed by atoms with Gasteiger partial charge in [-0.3, -0.25) is 4.99 Å². The number of hydrogen-bond acceptors (Lipinski definition) is 6. The molecule has 0 saturated carbocycles. The van der Waals surface area contributed by atoms with Crippen molar-refractivity contribution < 1.29 is 12.8 Å². The van der Waals surface area contributed by atoms with Crippen LogP contribution in [-0.2, 0) is 10.0 Å². The molecule has 1 aromatic rings. The molecule has 164 valence electrons. The smallest absolute Gasteiger partial charge is 0.215 e. The van der Waals surface area contributed by atoms with E-state index >= 15 is 0 Å². The predicted octanol–water partition coefficient (Wildman–Crippen LogP) is 0.961. The molecule has 0 spiro atoms. The number of halogens is 2. The van der Waals surface area contributed by atoms with Gasteiger partial charge in [0.05, 0.1) is 5.75 Å². The van der Waals surface area contributed by atoms with Crippen LogP contribution in [-0.4, -0.2) is 86.7 Å². The Balaban J connectivity index is 0.00000300. The summed E-state index contributed by atoms with van der Waals surface area (Å²) < 4.78 is 40.3. The SMILES string of the molecule is CN=C(NCCS(=O)(=O)N1CCSCC1)NC1CCN(c2ncccc2F)C1.I. The highest BCUT2D eigenvalue weighted by Gasteiger charge is 2.27. The summed E-state index contributed by atoms with van der Waals surface area (Å²) in [6, 6.07) is 3.07. The summed E-state index contributed by atoms with van der Waals surface area (Å²) in [7, 11) is -1.60. The van der Waals surface area contributed by atoms with Crippen LogP contribution in [0.2, 0.25) is 0 Å². The quantitative estimate of drug-likeness (QED) is 0.306. The molecule has 2 aliphatic heterocycles. The van der Waals surface area contributed by atoms with E-state index in [-0.39, 0.29) is 48.1 Å². The Hall–Kier alpha value is -0.860. The van der Waals surface area contributed by atoms with Gasteiger partial charge in [0.15, 0.2) is 17.6 Å². The van der Waals surface area contributed by atoms with Crippen molar-refractivity contribution in [2.45, 2.75) is 12.5 Å². The predicted molar refractivity (Wildman–Crippen MR) is 127 cm³/mol. The van der Waals surface area contributed by atoms with Gasteiger partial charge >= 0.3 is 0 Å². The zero-order valence-corrected chi connectivity index (χ0v) is 20.3. The Kier molecular flexibility index (Phi) is 9.69. The molecule has 2 saturated heterocycles. The second-order valence-electron chi connectivity index (χ2n) is 6.71. The van der Waals surface area contributed by atoms with E-state index in [2.05, 4.69) is 20.6 Å². The second kappa shape index (κ2) is 11.5. The number of aliphatic imine (C=N–C) groups is 1. The molecular weight excluding hydrogens is 530 g/mol. The molecule has 0 aromatic carbocycles. The van der Waals surface area contributed by atoms with Crippen LogP contribution in [0.5, 0.6) is 0 Å². The van der Waals surface area contributed by atoms with Crippen LogP contribution in [0.1, 0.15) is 6.42 Å². The average molecular weight is 558 g/mol. The average Bonchev–Trinajstić information content (AvgIpc) is 3.16. The number of guanidine groups is 1. The molecule has 0 aliphatic carbocycles. The Morgan fingerprint density at radius 1 is 1.38 bits per heavy atom. The van der Waals surface area contributed by atoms with Gasteiger partial charge in [0.1, 0.15) is 0 Å². The molecule has 0 amide bonds. The minimum Gasteiger partial charge on any atom is -0.355 e. The lowest BCUT2D eigenvalue weighted by Crippen LogP contribution is -2.47. The Bertz CT molecular complexity index is 792. The molecule has 2 N–H and O–H groups in total. The minimum atomic E-state index is -3.25. The lowest BCUT2D eigenvalue weighted by atomic mass is 10.3. The van der Waals surface area contributed by atoms with Crippen molar-refractivity contribution in [1.29, 1.82) is 0 Å². The first-order valence-corrected chi connectivity index (χ1v) is 12.1. The van der Waals surface area contributed by atoms with Gasteiger partial charge in [0, 0.05) is 63.5 Å². The first-order chi connectivity index (χ1) is 13.5. The summed E-state index contributed by atoms with van der Waals surface area (Å²) in [5.41, 5.74) is 0. The van der Waals surface area contributed by atoms with Crippen molar-refractivity contribution in [3.63, 3.8) is 0 Å². The third-order valence-electron chi connectivity index (χ3n) is 4.81. The van der Waals surface area contributed by atoms with E-state index in [9.17, 15) is 12.8 Å². The molecule has 8 nitrogen and oxygen atoms in total. The fourth-order valence-corrected chi connectivity index (χ4v) is 5.81. The van der Waals surface area contributed by atoms with Crippen molar-refractivity contribution in [2.75, 3.05) is 61.9 Å². The third-order valence-corrected chi connectivity index (χ3v) is 7.62. The summed E-state index contributed by atoms with van der Waals surface area (Å²) in [6.07, 6.45) is 2.40. The summed E-state index contributed by atoms with van der Waals surface area (Å²) in [5.74, 6) is 2.33. The van der Waals surface area contributed by atoms with Crippen molar-refractivity contribution in [3.05, 3.63) is 24.1 Å². The van der Waals surface area contributed by atoms with E-state index in [1.807, 2.05) is 4.90 Å². The molecule has 1 aromatic heterocycles. The van der Waals surface area contributed by atoms with Crippen LogP contribution in [0.15, 0.2) is 23.3 Å². The fourth-order valence-electron chi connectivity index (χ4n) is 3.32. The molecule has 29 heavy (non-hydrogen) atoms. The standard InChI is InChI=1S/C17H27FN6O2S2.HI/c1-19-17(21-6-12-28(25,26)24-8-10-27-11-9-24)22-14-4-7-23(13-14)16-15(18)3-2-5-20-16;/h2-3,5,14H,4,6-13H2,1H3,(H2,19,21,22);1H. The molecule has 0 bridgehead atoms. The lowest BCUT2D eigenvalue weighted by Gasteiger charge is -2.26. The highest BCUT2D eigenvalue weighted by Crippen LogP contribution is 2.20. The largest absolute Gasteiger partial charge is 0.355 e. The molecule has 3 heterocycles. The molecular formula is C17H28FIN6O2S2. The zero-order chi connectivity index (χ0) is 20.0. The Labute approximate surface area is 193 Å². The Morgan fingerprint density at radius 2 is 2.14 bits per heavy atom. The molecule has 1 atom stereocenters. The maximum atomic E-state index is 13.9. The maximum Gasteiger partial charge on any atom is 0.215 e. The van der Waals surface area contributed by atoms with E-state index in [1.165, 1.54) is 6.07 Å². The number of aromatic nitrogens is 1. The number of pyridine rings is 1. The highest BCUT2D eigenvalue weighted by molar-refractivity contribution is 14.0. The van der Waals surface area contributed by atoms with Gasteiger partial charge in [-0.2, -0.15) is 11.8 Å². The van der Waals surface area contributed by atoms with Gasteiger partial charge in [-0.1, -0.05) is 0 Å². The van der Waals surface area contributed by atoms with Crippen molar-refractivity contribution >= 4 is 57.5 Å². The van der Waals surface area contributed by atoms with Gasteiger partial charge in [-0.05, 0) is 18.6 Å². The third kappa shape index (κ3) is 6.82. The molecule has 1 unspecified atom stereocenters. The number of hydrogen-bond donors (Lipinski definition) is 2. The number of nitrogens with zero attached hydrogens (tertiary/aromatic N) is 4. The summed E-state index contributed by atoms with van der Waals surface area (Å²) in [5, 5.41) is 6.36. The molecule has 2 fully saturated rings. The van der Waals surface area contributed by atoms with E-state index < -0.39 is 10.0 Å². The number of nitrogens with one attached hydrogen (secondary N) is 2. The van der Waals surface area contributed by atoms with Crippen LogP contribution in [0, 0.1) is 5.82 Å². The highest BCUT2D eigenvalue weighted by atomic mass is 127. The van der Waals surface area contributed by atoms with Crippen LogP contribution >= 0.6 is 35.7 Å². The monoisotopic (exact) mass is 558 g/mol. The topological polar surface area (TPSA) is 89.9 Å². The summed E-state index contributed by atoms with van der Waals surface area (Å²) in [6.45, 7) is 2.77. The van der Waals surface area contributed by atoms with E-state index in [1.54, 1.807) is 35.4 Å². The molecule has 3 rings (SSSR count). The van der Waals surface area contributed by atoms with Crippen LogP contribution in [0.3, 0.4) is 0 Å². The van der Waals surface area contributed by atoms with Crippen LogP contribution < -0.4 is 15.5 Å². The first kappa shape index (κ1) is 24.4. The van der Waals surface area contributed by atoms with Crippen molar-refractivity contribution in [2.24, 2.45) is 4.99 Å². The minimum absolute atomic E-state index is 0. The van der Waals surface area contributed by atoms with E-state index in [0.717, 1.165) is 17.9 Å². The number of rotatable bonds is 6. The second-order valence-corrected chi connectivity index (χ2v) is 10.0. The first-order valence-electron chi connectivity index (χ1n) is 9.38. The maximum absolute atomic E-state index is 13.9. The van der Waals surface area contributed by atoms with Crippen molar-refractivity contribution in [3.8, 4) is 0 Å². The van der Waals surface area contributed by atoms with Crippen molar-refractivity contribution in [1.82, 2.24) is 19.9 Å². The van der Waals surface area contributed by atoms with E-state index in [4.69, 9.17) is 0 Å². The van der Waals surface area contributed by atoms with E-state index in [0.29, 0.717) is 38.0 Å². The number of anilines is 1. The van der Waals surface area contributed by atoms with Crippen LogP contribution in [0.25, 0.3) is 0 Å². The Morgan fingerprint density at radius 3 is 2.83 bits per heavy atom. The summed E-state index contributed by atoms with van der Waals surface area (Å²) in [4.78, 5) is 10.2. The number of thioether (sulfide) groups is 1.